The molecule has 0 aromatic carbocycles. The molecule has 7 heteroatoms. The van der Waals surface area contributed by atoms with Crippen molar-refractivity contribution in [3.05, 3.63) is 0 Å². The number of carbonyl (C=O) groups excluding carboxylic acids is 1. The van der Waals surface area contributed by atoms with Crippen LogP contribution in [0.3, 0.4) is 0 Å². The molecule has 0 amide bonds. The summed E-state index contributed by atoms with van der Waals surface area (Å²) in [5.74, 6) is -1.68. The molecule has 1 aliphatic rings. The van der Waals surface area contributed by atoms with Crippen molar-refractivity contribution in [1.29, 1.82) is 0 Å². The van der Waals surface area contributed by atoms with Crippen molar-refractivity contribution < 1.29 is 19.4 Å². The summed E-state index contributed by atoms with van der Waals surface area (Å²) in [6.07, 6.45) is 1.36. The molecule has 18 heavy (non-hydrogen) atoms. The van der Waals surface area contributed by atoms with Crippen molar-refractivity contribution in [1.82, 2.24) is 10.4 Å². The predicted octanol–water partition coefficient (Wildman–Crippen LogP) is -0.681. The lowest BCUT2D eigenvalue weighted by atomic mass is 10.2. The van der Waals surface area contributed by atoms with Crippen LogP contribution in [0.25, 0.3) is 0 Å². The molecule has 1 saturated heterocycles. The van der Waals surface area contributed by atoms with Gasteiger partial charge in [-0.15, -0.1) is 0 Å². The van der Waals surface area contributed by atoms with E-state index in [1.165, 1.54) is 6.92 Å². The fraction of sp³-hybridized carbons (Fsp3) is 0.818. The molecule has 1 heterocycles. The van der Waals surface area contributed by atoms with Crippen LogP contribution in [-0.4, -0.2) is 53.3 Å². The summed E-state index contributed by atoms with van der Waals surface area (Å²) < 4.78 is 5.01. The average Bonchev–Trinajstić information content (AvgIpc) is 2.80. The van der Waals surface area contributed by atoms with Gasteiger partial charge in [-0.2, -0.15) is 0 Å². The number of esters is 1. The number of aliphatic carboxylic acids is 1. The van der Waals surface area contributed by atoms with Crippen LogP contribution in [-0.2, 0) is 14.3 Å². The van der Waals surface area contributed by atoms with E-state index in [2.05, 4.69) is 5.43 Å². The maximum atomic E-state index is 11.7. The van der Waals surface area contributed by atoms with Gasteiger partial charge in [-0.05, 0) is 26.7 Å². The van der Waals surface area contributed by atoms with Crippen molar-refractivity contribution in [3.8, 4) is 0 Å². The fourth-order valence-corrected chi connectivity index (χ4v) is 1.73. The zero-order valence-electron chi connectivity index (χ0n) is 10.8. The summed E-state index contributed by atoms with van der Waals surface area (Å²) in [7, 11) is 0. The minimum Gasteiger partial charge on any atom is -0.480 e. The van der Waals surface area contributed by atoms with E-state index in [9.17, 15) is 9.59 Å². The molecule has 0 bridgehead atoms. The summed E-state index contributed by atoms with van der Waals surface area (Å²) in [4.78, 5) is 22.3. The number of nitrogens with one attached hydrogen (secondary N) is 1. The largest absolute Gasteiger partial charge is 0.480 e. The van der Waals surface area contributed by atoms with E-state index >= 15 is 0 Å². The van der Waals surface area contributed by atoms with Crippen molar-refractivity contribution in [2.75, 3.05) is 13.1 Å². The first-order valence-corrected chi connectivity index (χ1v) is 6.12. The number of nitrogens with zero attached hydrogens (tertiary/aromatic N) is 1. The van der Waals surface area contributed by atoms with Gasteiger partial charge in [-0.1, -0.05) is 0 Å². The Kier molecular flexibility index (Phi) is 5.52. The van der Waals surface area contributed by atoms with Gasteiger partial charge in [0.1, 0.15) is 18.2 Å². The van der Waals surface area contributed by atoms with Gasteiger partial charge in [-0.25, -0.2) is 10.4 Å². The van der Waals surface area contributed by atoms with E-state index < -0.39 is 30.1 Å². The van der Waals surface area contributed by atoms with Crippen LogP contribution in [0, 0.1) is 0 Å². The monoisotopic (exact) mass is 259 g/mol. The molecule has 0 aliphatic carbocycles. The molecule has 7 nitrogen and oxygen atoms in total. The van der Waals surface area contributed by atoms with Crippen molar-refractivity contribution in [2.45, 2.75) is 44.9 Å². The Hall–Kier alpha value is -1.18. The number of carboxylic acids is 1. The summed E-state index contributed by atoms with van der Waals surface area (Å²) in [5, 5.41) is 10.7. The zero-order valence-corrected chi connectivity index (χ0v) is 10.8. The Morgan fingerprint density at radius 3 is 2.39 bits per heavy atom. The third-order valence-electron chi connectivity index (χ3n) is 2.93. The van der Waals surface area contributed by atoms with Crippen LogP contribution in [0.4, 0.5) is 0 Å². The van der Waals surface area contributed by atoms with Crippen LogP contribution >= 0.6 is 0 Å². The first-order chi connectivity index (χ1) is 8.41. The van der Waals surface area contributed by atoms with Gasteiger partial charge in [-0.3, -0.25) is 9.59 Å². The highest BCUT2D eigenvalue weighted by atomic mass is 16.5. The smallest absolute Gasteiger partial charge is 0.324 e. The van der Waals surface area contributed by atoms with E-state index in [0.717, 1.165) is 25.9 Å². The van der Waals surface area contributed by atoms with Crippen molar-refractivity contribution >= 4 is 11.9 Å². The molecule has 0 spiro atoms. The van der Waals surface area contributed by atoms with Gasteiger partial charge in [0.25, 0.3) is 0 Å². The Morgan fingerprint density at radius 1 is 1.33 bits per heavy atom. The molecule has 0 unspecified atom stereocenters. The topological polar surface area (TPSA) is 105 Å². The first kappa shape index (κ1) is 14.9. The third-order valence-corrected chi connectivity index (χ3v) is 2.93. The van der Waals surface area contributed by atoms with E-state index in [-0.39, 0.29) is 0 Å². The normalized spacial score (nSPS) is 21.3. The van der Waals surface area contributed by atoms with E-state index in [0.29, 0.717) is 0 Å². The molecule has 104 valence electrons. The minimum atomic E-state index is -1.20. The molecule has 0 aromatic heterocycles. The predicted molar refractivity (Wildman–Crippen MR) is 64.6 cm³/mol. The van der Waals surface area contributed by atoms with Crippen LogP contribution in [0.5, 0.6) is 0 Å². The van der Waals surface area contributed by atoms with E-state index in [1.54, 1.807) is 6.92 Å². The lowest BCUT2D eigenvalue weighted by Gasteiger charge is -2.23. The van der Waals surface area contributed by atoms with E-state index in [1.807, 2.05) is 5.01 Å². The molecule has 0 radical (unpaired) electrons. The average molecular weight is 259 g/mol. The van der Waals surface area contributed by atoms with Gasteiger partial charge in [0.2, 0.25) is 0 Å². The Balaban J connectivity index is 2.36. The maximum Gasteiger partial charge on any atom is 0.324 e. The number of hydrogen-bond donors (Lipinski definition) is 3. The number of rotatable bonds is 6. The molecule has 0 saturated carbocycles. The summed E-state index contributed by atoms with van der Waals surface area (Å²) in [6.45, 7) is 4.96. The van der Waals surface area contributed by atoms with Crippen molar-refractivity contribution in [2.24, 2.45) is 5.73 Å². The highest BCUT2D eigenvalue weighted by Gasteiger charge is 2.26. The highest BCUT2D eigenvalue weighted by Crippen LogP contribution is 2.06. The second-order valence-corrected chi connectivity index (χ2v) is 4.55. The summed E-state index contributed by atoms with van der Waals surface area (Å²) in [6, 6.07) is -1.71. The second-order valence-electron chi connectivity index (χ2n) is 4.55. The Bertz CT molecular complexity index is 305. The van der Waals surface area contributed by atoms with Crippen LogP contribution in [0.15, 0.2) is 0 Å². The number of hydrazine groups is 1. The maximum absolute atomic E-state index is 11.7. The molecule has 1 rings (SSSR count). The van der Waals surface area contributed by atoms with Crippen LogP contribution < -0.4 is 11.2 Å². The van der Waals surface area contributed by atoms with Crippen LogP contribution in [0.2, 0.25) is 0 Å². The van der Waals surface area contributed by atoms with Gasteiger partial charge in [0, 0.05) is 13.1 Å². The number of ether oxygens (including phenoxy) is 1. The summed E-state index contributed by atoms with van der Waals surface area (Å²) in [5.41, 5.74) is 8.39. The van der Waals surface area contributed by atoms with Gasteiger partial charge >= 0.3 is 11.9 Å². The van der Waals surface area contributed by atoms with E-state index in [4.69, 9.17) is 15.6 Å². The quantitative estimate of drug-likeness (QED) is 0.543. The van der Waals surface area contributed by atoms with Crippen LogP contribution in [0.1, 0.15) is 26.7 Å². The molecule has 0 aromatic rings. The second kappa shape index (κ2) is 6.67. The standard InChI is InChI=1S/C11H21N3O4/c1-7(13-14-5-3-4-6-14)11(17)18-8(2)9(12)10(15)16/h7-9,13H,3-6,12H2,1-2H3,(H,15,16)/t7-,8+,9-/m0/s1. The summed E-state index contributed by atoms with van der Waals surface area (Å²) >= 11 is 0. The fourth-order valence-electron chi connectivity index (χ4n) is 1.73. The van der Waals surface area contributed by atoms with Gasteiger partial charge in [0.15, 0.2) is 0 Å². The minimum absolute atomic E-state index is 0.494. The molecule has 1 fully saturated rings. The van der Waals surface area contributed by atoms with Gasteiger partial charge < -0.3 is 15.6 Å². The number of carboxylic acid groups (broad SMARTS) is 1. The number of carbonyl (C=O) groups is 2. The SMILES string of the molecule is C[C@H](NN1CCCC1)C(=O)O[C@H](C)[C@H](N)C(=O)O. The molecule has 1 aliphatic heterocycles. The Morgan fingerprint density at radius 2 is 1.89 bits per heavy atom. The van der Waals surface area contributed by atoms with Gasteiger partial charge in [0.05, 0.1) is 0 Å². The highest BCUT2D eigenvalue weighted by molar-refractivity contribution is 5.77. The lowest BCUT2D eigenvalue weighted by molar-refractivity contribution is -0.156. The molecule has 3 atom stereocenters. The molecular formula is C11H21N3O4. The van der Waals surface area contributed by atoms with Crippen molar-refractivity contribution in [3.63, 3.8) is 0 Å². The third kappa shape index (κ3) is 4.25. The first-order valence-electron chi connectivity index (χ1n) is 6.12. The lowest BCUT2D eigenvalue weighted by Crippen LogP contribution is -2.49. The molecule has 4 N–H and O–H groups in total. The molecular weight excluding hydrogens is 238 g/mol. The number of hydrogen-bond acceptors (Lipinski definition) is 6. The Labute approximate surface area is 106 Å². The zero-order chi connectivity index (χ0) is 13.7. The number of nitrogens with two attached hydrogens (primary N) is 1.